The molecule has 15 heavy (non-hydrogen) atoms. The van der Waals surface area contributed by atoms with Crippen LogP contribution in [0.3, 0.4) is 0 Å². The molecular formula is C10H15N3O2. The number of aromatic nitrogens is 1. The molecule has 5 nitrogen and oxygen atoms in total. The molecule has 0 bridgehead atoms. The molecule has 1 aliphatic heterocycles. The van der Waals surface area contributed by atoms with Crippen LogP contribution in [0.4, 0.5) is 5.69 Å². The Hall–Kier alpha value is -1.36. The van der Waals surface area contributed by atoms with E-state index < -0.39 is 5.54 Å². The number of hydrogen-bond donors (Lipinski definition) is 2. The maximum Gasteiger partial charge on any atom is 0.244 e. The second kappa shape index (κ2) is 4.02. The van der Waals surface area contributed by atoms with E-state index in [1.54, 1.807) is 0 Å². The molecule has 1 unspecified atom stereocenters. The van der Waals surface area contributed by atoms with Crippen molar-refractivity contribution >= 4 is 11.6 Å². The van der Waals surface area contributed by atoms with E-state index in [1.807, 2.05) is 6.92 Å². The van der Waals surface area contributed by atoms with Crippen LogP contribution in [0.5, 0.6) is 0 Å². The molecule has 1 aromatic heterocycles. The smallest absolute Gasteiger partial charge is 0.244 e. The van der Waals surface area contributed by atoms with Gasteiger partial charge in [-0.3, -0.25) is 4.79 Å². The molecule has 1 atom stereocenters. The van der Waals surface area contributed by atoms with Crippen molar-refractivity contribution in [2.24, 2.45) is 0 Å². The van der Waals surface area contributed by atoms with Crippen LogP contribution in [-0.4, -0.2) is 23.1 Å². The number of nitrogens with one attached hydrogen (secondary N) is 2. The second-order valence-electron chi connectivity index (χ2n) is 4.08. The van der Waals surface area contributed by atoms with Crippen LogP contribution in [0.15, 0.2) is 17.0 Å². The lowest BCUT2D eigenvalue weighted by molar-refractivity contribution is -0.122. The van der Waals surface area contributed by atoms with Crippen molar-refractivity contribution in [3.05, 3.63) is 12.5 Å². The molecule has 1 saturated heterocycles. The van der Waals surface area contributed by atoms with Crippen molar-refractivity contribution in [1.29, 1.82) is 0 Å². The zero-order valence-corrected chi connectivity index (χ0v) is 8.75. The summed E-state index contributed by atoms with van der Waals surface area (Å²) in [5.74, 6) is -0.0228. The molecule has 5 heteroatoms. The number of piperidine rings is 1. The van der Waals surface area contributed by atoms with Gasteiger partial charge in [-0.2, -0.15) is 0 Å². The lowest BCUT2D eigenvalue weighted by Crippen LogP contribution is -2.54. The lowest BCUT2D eigenvalue weighted by atomic mass is 9.90. The topological polar surface area (TPSA) is 67.2 Å². The van der Waals surface area contributed by atoms with Crippen LogP contribution >= 0.6 is 0 Å². The summed E-state index contributed by atoms with van der Waals surface area (Å²) in [4.78, 5) is 11.9. The Bertz CT molecular complexity index is 328. The quantitative estimate of drug-likeness (QED) is 0.766. The maximum atomic E-state index is 11.9. The standard InChI is InChI=1S/C10H15N3O2/c1-10(4-2-3-5-11-10)9(14)13-8-6-12-15-7-8/h6-7,11H,2-5H2,1H3,(H,13,14). The molecule has 2 rings (SSSR count). The van der Waals surface area contributed by atoms with Crippen LogP contribution < -0.4 is 10.6 Å². The Balaban J connectivity index is 2.00. The normalized spacial score (nSPS) is 26.2. The number of nitrogens with zero attached hydrogens (tertiary/aromatic N) is 1. The molecule has 1 fully saturated rings. The van der Waals surface area contributed by atoms with Crippen LogP contribution in [0.25, 0.3) is 0 Å². The summed E-state index contributed by atoms with van der Waals surface area (Å²) in [6.07, 6.45) is 6.00. The highest BCUT2D eigenvalue weighted by molar-refractivity contribution is 5.97. The fraction of sp³-hybridized carbons (Fsp3) is 0.600. The minimum Gasteiger partial charge on any atom is -0.363 e. The van der Waals surface area contributed by atoms with Gasteiger partial charge in [0.1, 0.15) is 12.0 Å². The predicted molar refractivity (Wildman–Crippen MR) is 55.4 cm³/mol. The van der Waals surface area contributed by atoms with E-state index in [-0.39, 0.29) is 5.91 Å². The summed E-state index contributed by atoms with van der Waals surface area (Å²) >= 11 is 0. The van der Waals surface area contributed by atoms with Crippen molar-refractivity contribution in [2.75, 3.05) is 11.9 Å². The monoisotopic (exact) mass is 209 g/mol. The Morgan fingerprint density at radius 3 is 3.13 bits per heavy atom. The van der Waals surface area contributed by atoms with E-state index in [2.05, 4.69) is 20.3 Å². The van der Waals surface area contributed by atoms with E-state index in [0.29, 0.717) is 5.69 Å². The van der Waals surface area contributed by atoms with Gasteiger partial charge in [-0.15, -0.1) is 0 Å². The van der Waals surface area contributed by atoms with E-state index in [9.17, 15) is 4.79 Å². The summed E-state index contributed by atoms with van der Waals surface area (Å²) in [6.45, 7) is 2.82. The molecule has 2 N–H and O–H groups in total. The summed E-state index contributed by atoms with van der Waals surface area (Å²) in [6, 6.07) is 0. The number of amides is 1. The number of rotatable bonds is 2. The molecular weight excluding hydrogens is 194 g/mol. The van der Waals surface area contributed by atoms with Gasteiger partial charge in [0.05, 0.1) is 11.7 Å². The lowest BCUT2D eigenvalue weighted by Gasteiger charge is -2.33. The molecule has 0 saturated carbocycles. The molecule has 82 valence electrons. The number of hydrogen-bond acceptors (Lipinski definition) is 4. The van der Waals surface area contributed by atoms with Gasteiger partial charge in [-0.1, -0.05) is 5.16 Å². The summed E-state index contributed by atoms with van der Waals surface area (Å²) in [5.41, 5.74) is 0.142. The first-order valence-corrected chi connectivity index (χ1v) is 5.17. The average Bonchev–Trinajstić information content (AvgIpc) is 2.71. The molecule has 1 aliphatic rings. The maximum absolute atomic E-state index is 11.9. The molecule has 0 spiro atoms. The zero-order valence-electron chi connectivity index (χ0n) is 8.75. The second-order valence-corrected chi connectivity index (χ2v) is 4.08. The van der Waals surface area contributed by atoms with Crippen molar-refractivity contribution in [1.82, 2.24) is 10.5 Å². The van der Waals surface area contributed by atoms with Gasteiger partial charge < -0.3 is 15.2 Å². The highest BCUT2D eigenvalue weighted by Crippen LogP contribution is 2.20. The third-order valence-electron chi connectivity index (χ3n) is 2.81. The van der Waals surface area contributed by atoms with E-state index in [0.717, 1.165) is 25.8 Å². The van der Waals surface area contributed by atoms with Crippen LogP contribution in [0.2, 0.25) is 0 Å². The molecule has 0 aromatic carbocycles. The summed E-state index contributed by atoms with van der Waals surface area (Å²) in [5, 5.41) is 9.55. The van der Waals surface area contributed by atoms with E-state index in [1.165, 1.54) is 12.5 Å². The average molecular weight is 209 g/mol. The minimum atomic E-state index is -0.463. The Labute approximate surface area is 88.2 Å². The first-order valence-electron chi connectivity index (χ1n) is 5.17. The predicted octanol–water partition coefficient (Wildman–Crippen LogP) is 1.15. The van der Waals surface area contributed by atoms with Gasteiger partial charge in [-0.05, 0) is 32.7 Å². The fourth-order valence-corrected chi connectivity index (χ4v) is 1.79. The SMILES string of the molecule is CC1(C(=O)Nc2cnoc2)CCCCN1. The van der Waals surface area contributed by atoms with Crippen LogP contribution in [0.1, 0.15) is 26.2 Å². The highest BCUT2D eigenvalue weighted by atomic mass is 16.5. The minimum absolute atomic E-state index is 0.0228. The van der Waals surface area contributed by atoms with Gasteiger partial charge in [0.25, 0.3) is 0 Å². The Kier molecular flexibility index (Phi) is 2.73. The largest absolute Gasteiger partial charge is 0.363 e. The first-order chi connectivity index (χ1) is 7.21. The zero-order chi connectivity index (χ0) is 10.7. The van der Waals surface area contributed by atoms with Crippen LogP contribution in [-0.2, 0) is 4.79 Å². The molecule has 1 aromatic rings. The first kappa shape index (κ1) is 10.2. The molecule has 0 aliphatic carbocycles. The number of carbonyl (C=O) groups is 1. The number of carbonyl (C=O) groups excluding carboxylic acids is 1. The van der Waals surface area contributed by atoms with Gasteiger partial charge in [0.2, 0.25) is 5.91 Å². The molecule has 1 amide bonds. The van der Waals surface area contributed by atoms with Crippen LogP contribution in [0, 0.1) is 0 Å². The fourth-order valence-electron chi connectivity index (χ4n) is 1.79. The summed E-state index contributed by atoms with van der Waals surface area (Å²) in [7, 11) is 0. The molecule has 2 heterocycles. The van der Waals surface area contributed by atoms with E-state index in [4.69, 9.17) is 0 Å². The molecule has 0 radical (unpaired) electrons. The third-order valence-corrected chi connectivity index (χ3v) is 2.81. The van der Waals surface area contributed by atoms with Gasteiger partial charge in [0, 0.05) is 0 Å². The van der Waals surface area contributed by atoms with Crippen molar-refractivity contribution < 1.29 is 9.32 Å². The third kappa shape index (κ3) is 2.18. The Morgan fingerprint density at radius 2 is 2.53 bits per heavy atom. The Morgan fingerprint density at radius 1 is 1.67 bits per heavy atom. The van der Waals surface area contributed by atoms with Gasteiger partial charge >= 0.3 is 0 Å². The van der Waals surface area contributed by atoms with Crippen molar-refractivity contribution in [2.45, 2.75) is 31.7 Å². The number of anilines is 1. The van der Waals surface area contributed by atoms with Crippen molar-refractivity contribution in [3.8, 4) is 0 Å². The van der Waals surface area contributed by atoms with Crippen molar-refractivity contribution in [3.63, 3.8) is 0 Å². The van der Waals surface area contributed by atoms with Gasteiger partial charge in [-0.25, -0.2) is 0 Å². The highest BCUT2D eigenvalue weighted by Gasteiger charge is 2.34. The van der Waals surface area contributed by atoms with Gasteiger partial charge in [0.15, 0.2) is 0 Å². The summed E-state index contributed by atoms with van der Waals surface area (Å²) < 4.78 is 4.65. The van der Waals surface area contributed by atoms with E-state index >= 15 is 0 Å².